The highest BCUT2D eigenvalue weighted by molar-refractivity contribution is 5.91. The summed E-state index contributed by atoms with van der Waals surface area (Å²) in [5.74, 6) is 0.479. The Morgan fingerprint density at radius 3 is 2.61 bits per heavy atom. The third-order valence-corrected chi connectivity index (χ3v) is 4.39. The molecule has 1 fully saturated rings. The molecule has 0 spiro atoms. The summed E-state index contributed by atoms with van der Waals surface area (Å²) in [5.41, 5.74) is 0. The molecule has 23 heavy (non-hydrogen) atoms. The van der Waals surface area contributed by atoms with E-state index in [2.05, 4.69) is 12.2 Å². The lowest BCUT2D eigenvalue weighted by Crippen LogP contribution is -2.46. The van der Waals surface area contributed by atoms with Crippen LogP contribution in [0.25, 0.3) is 0 Å². The molecule has 2 amide bonds. The van der Waals surface area contributed by atoms with Crippen molar-refractivity contribution in [2.45, 2.75) is 64.3 Å². The molecule has 2 heterocycles. The number of amides is 2. The van der Waals surface area contributed by atoms with Gasteiger partial charge in [0.1, 0.15) is 0 Å². The molecular weight excluding hydrogens is 292 g/mol. The Hall–Kier alpha value is -1.78. The zero-order chi connectivity index (χ0) is 16.5. The maximum Gasteiger partial charge on any atom is 0.289 e. The van der Waals surface area contributed by atoms with Crippen molar-refractivity contribution in [3.63, 3.8) is 0 Å². The van der Waals surface area contributed by atoms with Crippen LogP contribution in [0.1, 0.15) is 68.8 Å². The molecule has 1 N–H and O–H groups in total. The Bertz CT molecular complexity index is 476. The average Bonchev–Trinajstić information content (AvgIpc) is 3.09. The van der Waals surface area contributed by atoms with Gasteiger partial charge >= 0.3 is 0 Å². The fourth-order valence-corrected chi connectivity index (χ4v) is 2.97. The summed E-state index contributed by atoms with van der Waals surface area (Å²) >= 11 is 0. The summed E-state index contributed by atoms with van der Waals surface area (Å²) in [5, 5.41) is 3.10. The molecule has 0 radical (unpaired) electrons. The van der Waals surface area contributed by atoms with Crippen molar-refractivity contribution in [1.29, 1.82) is 0 Å². The summed E-state index contributed by atoms with van der Waals surface area (Å²) in [7, 11) is 0. The van der Waals surface area contributed by atoms with Gasteiger partial charge in [-0.15, -0.1) is 0 Å². The maximum atomic E-state index is 12.2. The van der Waals surface area contributed by atoms with Crippen LogP contribution in [0.4, 0.5) is 0 Å². The van der Waals surface area contributed by atoms with E-state index in [4.69, 9.17) is 4.42 Å². The average molecular weight is 320 g/mol. The van der Waals surface area contributed by atoms with Gasteiger partial charge in [-0.05, 0) is 31.4 Å². The van der Waals surface area contributed by atoms with Crippen LogP contribution in [0.5, 0.6) is 0 Å². The van der Waals surface area contributed by atoms with E-state index in [0.29, 0.717) is 25.3 Å². The fraction of sp³-hybridized carbons (Fsp3) is 0.667. The minimum Gasteiger partial charge on any atom is -0.459 e. The third kappa shape index (κ3) is 5.73. The number of carbonyl (C=O) groups excluding carboxylic acids is 2. The molecule has 0 bridgehead atoms. The van der Waals surface area contributed by atoms with Crippen molar-refractivity contribution in [1.82, 2.24) is 10.2 Å². The van der Waals surface area contributed by atoms with Crippen LogP contribution in [-0.2, 0) is 4.79 Å². The summed E-state index contributed by atoms with van der Waals surface area (Å²) in [6.45, 7) is 3.53. The molecule has 2 rings (SSSR count). The van der Waals surface area contributed by atoms with Gasteiger partial charge < -0.3 is 14.6 Å². The van der Waals surface area contributed by atoms with Crippen LogP contribution < -0.4 is 5.32 Å². The monoisotopic (exact) mass is 320 g/mol. The second-order valence-electron chi connectivity index (χ2n) is 6.28. The van der Waals surface area contributed by atoms with E-state index in [9.17, 15) is 9.59 Å². The molecule has 0 unspecified atom stereocenters. The van der Waals surface area contributed by atoms with Crippen LogP contribution >= 0.6 is 0 Å². The van der Waals surface area contributed by atoms with Gasteiger partial charge in [0.05, 0.1) is 6.26 Å². The zero-order valence-electron chi connectivity index (χ0n) is 14.1. The molecule has 1 aliphatic heterocycles. The first kappa shape index (κ1) is 17.6. The Morgan fingerprint density at radius 2 is 1.96 bits per heavy atom. The number of rotatable bonds is 8. The minimum absolute atomic E-state index is 0.0595. The van der Waals surface area contributed by atoms with Crippen molar-refractivity contribution in [2.75, 3.05) is 13.1 Å². The second kappa shape index (κ2) is 9.38. The van der Waals surface area contributed by atoms with Crippen LogP contribution in [0.3, 0.4) is 0 Å². The largest absolute Gasteiger partial charge is 0.459 e. The van der Waals surface area contributed by atoms with Gasteiger partial charge in [0.25, 0.3) is 5.91 Å². The van der Waals surface area contributed by atoms with Crippen molar-refractivity contribution >= 4 is 11.8 Å². The predicted molar refractivity (Wildman–Crippen MR) is 89.2 cm³/mol. The highest BCUT2D eigenvalue weighted by Crippen LogP contribution is 2.15. The van der Waals surface area contributed by atoms with E-state index in [0.717, 1.165) is 25.7 Å². The first-order chi connectivity index (χ1) is 11.2. The first-order valence-corrected chi connectivity index (χ1v) is 8.83. The molecular formula is C18H28N2O3. The number of nitrogens with one attached hydrogen (secondary N) is 1. The van der Waals surface area contributed by atoms with Crippen LogP contribution in [0.15, 0.2) is 22.8 Å². The Labute approximate surface area is 138 Å². The maximum absolute atomic E-state index is 12.2. The van der Waals surface area contributed by atoms with Gasteiger partial charge in [-0.25, -0.2) is 0 Å². The molecule has 0 aromatic carbocycles. The normalized spacial score (nSPS) is 15.6. The van der Waals surface area contributed by atoms with E-state index < -0.39 is 0 Å². The number of unbranched alkanes of at least 4 members (excludes halogenated alkanes) is 4. The van der Waals surface area contributed by atoms with Gasteiger partial charge in [0, 0.05) is 25.6 Å². The number of likely N-dealkylation sites (tertiary alicyclic amines) is 1. The lowest BCUT2D eigenvalue weighted by molar-refractivity contribution is -0.122. The van der Waals surface area contributed by atoms with E-state index in [-0.39, 0.29) is 17.9 Å². The molecule has 1 aromatic rings. The molecule has 0 saturated carbocycles. The molecule has 1 aliphatic rings. The van der Waals surface area contributed by atoms with Gasteiger partial charge in [-0.3, -0.25) is 9.59 Å². The van der Waals surface area contributed by atoms with E-state index in [1.807, 2.05) is 0 Å². The summed E-state index contributed by atoms with van der Waals surface area (Å²) in [6, 6.07) is 3.61. The van der Waals surface area contributed by atoms with Gasteiger partial charge in [-0.1, -0.05) is 32.6 Å². The number of hydrogen-bond donors (Lipinski definition) is 1. The minimum atomic E-state index is -0.0595. The molecule has 5 nitrogen and oxygen atoms in total. The SMILES string of the molecule is CCCCCCCC(=O)NC1CCN(C(=O)c2ccco2)CC1. The molecule has 1 saturated heterocycles. The quantitative estimate of drug-likeness (QED) is 0.747. The summed E-state index contributed by atoms with van der Waals surface area (Å²) in [4.78, 5) is 25.9. The highest BCUT2D eigenvalue weighted by atomic mass is 16.3. The number of carbonyl (C=O) groups is 2. The number of nitrogens with zero attached hydrogens (tertiary/aromatic N) is 1. The summed E-state index contributed by atoms with van der Waals surface area (Å²) < 4.78 is 5.15. The Kier molecular flexibility index (Phi) is 7.17. The zero-order valence-corrected chi connectivity index (χ0v) is 14.1. The highest BCUT2D eigenvalue weighted by Gasteiger charge is 2.25. The van der Waals surface area contributed by atoms with Crippen molar-refractivity contribution in [3.8, 4) is 0 Å². The standard InChI is InChI=1S/C18H28N2O3/c1-2-3-4-5-6-9-17(21)19-15-10-12-20(13-11-15)18(22)16-8-7-14-23-16/h7-8,14-15H,2-6,9-13H2,1H3,(H,19,21). The van der Waals surface area contributed by atoms with Crippen molar-refractivity contribution in [2.24, 2.45) is 0 Å². The topological polar surface area (TPSA) is 62.6 Å². The number of piperidine rings is 1. The molecule has 0 atom stereocenters. The van der Waals surface area contributed by atoms with Crippen LogP contribution in [-0.4, -0.2) is 35.8 Å². The molecule has 5 heteroatoms. The Morgan fingerprint density at radius 1 is 1.22 bits per heavy atom. The second-order valence-corrected chi connectivity index (χ2v) is 6.28. The van der Waals surface area contributed by atoms with Crippen molar-refractivity contribution in [3.05, 3.63) is 24.2 Å². The fourth-order valence-electron chi connectivity index (χ4n) is 2.97. The Balaban J connectivity index is 1.62. The smallest absolute Gasteiger partial charge is 0.289 e. The lowest BCUT2D eigenvalue weighted by atomic mass is 10.0. The van der Waals surface area contributed by atoms with E-state index >= 15 is 0 Å². The van der Waals surface area contributed by atoms with Gasteiger partial charge in [-0.2, -0.15) is 0 Å². The van der Waals surface area contributed by atoms with Crippen LogP contribution in [0.2, 0.25) is 0 Å². The van der Waals surface area contributed by atoms with Crippen molar-refractivity contribution < 1.29 is 14.0 Å². The third-order valence-electron chi connectivity index (χ3n) is 4.39. The summed E-state index contributed by atoms with van der Waals surface area (Å²) in [6.07, 6.45) is 9.57. The number of hydrogen-bond acceptors (Lipinski definition) is 3. The lowest BCUT2D eigenvalue weighted by Gasteiger charge is -2.31. The first-order valence-electron chi connectivity index (χ1n) is 8.83. The van der Waals surface area contributed by atoms with Crippen LogP contribution in [0, 0.1) is 0 Å². The molecule has 128 valence electrons. The van der Waals surface area contributed by atoms with E-state index in [1.54, 1.807) is 17.0 Å². The molecule has 0 aliphatic carbocycles. The predicted octanol–water partition coefficient (Wildman–Crippen LogP) is 3.36. The molecule has 1 aromatic heterocycles. The van der Waals surface area contributed by atoms with Gasteiger partial charge in [0.2, 0.25) is 5.91 Å². The van der Waals surface area contributed by atoms with Gasteiger partial charge in [0.15, 0.2) is 5.76 Å². The number of furan rings is 1. The van der Waals surface area contributed by atoms with E-state index in [1.165, 1.54) is 25.5 Å².